The van der Waals surface area contributed by atoms with Gasteiger partial charge < -0.3 is 4.40 Å². The Morgan fingerprint density at radius 2 is 1.96 bits per heavy atom. The number of rotatable bonds is 3. The molecular formula is C14H14N4O3S2. The van der Waals surface area contributed by atoms with Crippen LogP contribution in [0.15, 0.2) is 28.6 Å². The highest BCUT2D eigenvalue weighted by Gasteiger charge is 2.25. The lowest BCUT2D eigenvalue weighted by Gasteiger charge is -2.03. The average molecular weight is 350 g/mol. The SMILES string of the molecule is Cc1nc(C)c(S(=O)(=O)NC(=O)c2cn3c(C)cccc3n2)s1. The fourth-order valence-corrected chi connectivity index (χ4v) is 4.69. The van der Waals surface area contributed by atoms with Crippen molar-refractivity contribution in [2.24, 2.45) is 0 Å². The Morgan fingerprint density at radius 1 is 1.22 bits per heavy atom. The topological polar surface area (TPSA) is 93.4 Å². The first-order valence-corrected chi connectivity index (χ1v) is 9.04. The smallest absolute Gasteiger partial charge is 0.285 e. The van der Waals surface area contributed by atoms with Crippen LogP contribution in [0.2, 0.25) is 0 Å². The van der Waals surface area contributed by atoms with Crippen LogP contribution in [0.5, 0.6) is 0 Å². The second-order valence-electron chi connectivity index (χ2n) is 5.06. The van der Waals surface area contributed by atoms with Gasteiger partial charge in [0.25, 0.3) is 15.9 Å². The fraction of sp³-hybridized carbons (Fsp3) is 0.214. The van der Waals surface area contributed by atoms with Crippen LogP contribution in [0.4, 0.5) is 0 Å². The minimum Gasteiger partial charge on any atom is -0.304 e. The minimum atomic E-state index is -3.96. The van der Waals surface area contributed by atoms with E-state index in [1.807, 2.05) is 19.1 Å². The quantitative estimate of drug-likeness (QED) is 0.778. The van der Waals surface area contributed by atoms with Gasteiger partial charge >= 0.3 is 0 Å². The zero-order valence-corrected chi connectivity index (χ0v) is 14.3. The summed E-state index contributed by atoms with van der Waals surface area (Å²) in [5.41, 5.74) is 1.89. The van der Waals surface area contributed by atoms with E-state index >= 15 is 0 Å². The van der Waals surface area contributed by atoms with Crippen LogP contribution in [0.3, 0.4) is 0 Å². The molecule has 9 heteroatoms. The number of thiazole rings is 1. The van der Waals surface area contributed by atoms with Gasteiger partial charge in [-0.2, -0.15) is 0 Å². The summed E-state index contributed by atoms with van der Waals surface area (Å²) in [7, 11) is -3.96. The van der Waals surface area contributed by atoms with Crippen molar-refractivity contribution < 1.29 is 13.2 Å². The molecule has 0 saturated heterocycles. The third kappa shape index (κ3) is 2.84. The molecule has 0 radical (unpaired) electrons. The number of hydrogen-bond donors (Lipinski definition) is 1. The molecule has 0 aliphatic heterocycles. The lowest BCUT2D eigenvalue weighted by atomic mass is 10.4. The van der Waals surface area contributed by atoms with E-state index in [1.54, 1.807) is 24.3 Å². The molecule has 0 saturated carbocycles. The van der Waals surface area contributed by atoms with E-state index in [1.165, 1.54) is 6.20 Å². The summed E-state index contributed by atoms with van der Waals surface area (Å²) in [4.78, 5) is 20.5. The van der Waals surface area contributed by atoms with Crippen molar-refractivity contribution >= 4 is 32.9 Å². The molecule has 1 amide bonds. The first-order valence-electron chi connectivity index (χ1n) is 6.74. The monoisotopic (exact) mass is 350 g/mol. The minimum absolute atomic E-state index is 0.0433. The zero-order valence-electron chi connectivity index (χ0n) is 12.7. The van der Waals surface area contributed by atoms with Gasteiger partial charge in [0.2, 0.25) is 0 Å². The van der Waals surface area contributed by atoms with Crippen molar-refractivity contribution in [3.05, 3.63) is 46.5 Å². The number of nitrogens with zero attached hydrogens (tertiary/aromatic N) is 3. The molecule has 0 fully saturated rings. The normalized spacial score (nSPS) is 11.8. The predicted octanol–water partition coefficient (Wildman–Crippen LogP) is 1.83. The Hall–Kier alpha value is -2.26. The van der Waals surface area contributed by atoms with E-state index in [0.29, 0.717) is 16.3 Å². The van der Waals surface area contributed by atoms with Crippen LogP contribution in [0.25, 0.3) is 5.65 Å². The molecule has 3 aromatic rings. The van der Waals surface area contributed by atoms with Crippen molar-refractivity contribution in [1.29, 1.82) is 0 Å². The Kier molecular flexibility index (Phi) is 3.69. The molecule has 0 bridgehead atoms. The molecule has 3 rings (SSSR count). The molecule has 0 atom stereocenters. The van der Waals surface area contributed by atoms with Crippen molar-refractivity contribution in [3.63, 3.8) is 0 Å². The summed E-state index contributed by atoms with van der Waals surface area (Å²) in [6, 6.07) is 5.44. The highest BCUT2D eigenvalue weighted by atomic mass is 32.2. The number of sulfonamides is 1. The maximum Gasteiger partial charge on any atom is 0.285 e. The van der Waals surface area contributed by atoms with Gasteiger partial charge in [-0.15, -0.1) is 11.3 Å². The largest absolute Gasteiger partial charge is 0.304 e. The first kappa shape index (κ1) is 15.6. The Morgan fingerprint density at radius 3 is 2.57 bits per heavy atom. The predicted molar refractivity (Wildman–Crippen MR) is 86.2 cm³/mol. The number of hydrogen-bond acceptors (Lipinski definition) is 6. The molecule has 0 unspecified atom stereocenters. The molecule has 120 valence electrons. The third-order valence-electron chi connectivity index (χ3n) is 3.26. The van der Waals surface area contributed by atoms with Gasteiger partial charge in [0.1, 0.15) is 11.3 Å². The molecule has 1 N–H and O–H groups in total. The van der Waals surface area contributed by atoms with Crippen molar-refractivity contribution in [1.82, 2.24) is 19.1 Å². The van der Waals surface area contributed by atoms with Gasteiger partial charge in [0, 0.05) is 11.9 Å². The number of carbonyl (C=O) groups excluding carboxylic acids is 1. The lowest BCUT2D eigenvalue weighted by Crippen LogP contribution is -2.30. The van der Waals surface area contributed by atoms with E-state index in [4.69, 9.17) is 0 Å². The number of aromatic nitrogens is 3. The average Bonchev–Trinajstić information content (AvgIpc) is 3.03. The Bertz CT molecular complexity index is 1020. The number of aryl methyl sites for hydroxylation is 3. The van der Waals surface area contributed by atoms with Gasteiger partial charge in [-0.05, 0) is 32.9 Å². The summed E-state index contributed by atoms with van der Waals surface area (Å²) < 4.78 is 28.5. The van der Waals surface area contributed by atoms with Crippen LogP contribution >= 0.6 is 11.3 Å². The molecule has 23 heavy (non-hydrogen) atoms. The summed E-state index contributed by atoms with van der Waals surface area (Å²) in [6.07, 6.45) is 1.51. The second kappa shape index (κ2) is 5.43. The standard InChI is InChI=1S/C14H14N4O3S2/c1-8-5-4-6-12-16-11(7-18(8)12)13(19)17-23(20,21)14-9(2)15-10(3)22-14/h4-7H,1-3H3,(H,17,19). The highest BCUT2D eigenvalue weighted by Crippen LogP contribution is 2.22. The van der Waals surface area contributed by atoms with Gasteiger partial charge in [-0.25, -0.2) is 23.1 Å². The molecule has 0 aliphatic carbocycles. The van der Waals surface area contributed by atoms with Crippen molar-refractivity contribution in [2.45, 2.75) is 25.0 Å². The molecule has 7 nitrogen and oxygen atoms in total. The molecule has 3 heterocycles. The van der Waals surface area contributed by atoms with E-state index in [2.05, 4.69) is 14.7 Å². The van der Waals surface area contributed by atoms with Crippen LogP contribution in [0.1, 0.15) is 26.9 Å². The summed E-state index contributed by atoms with van der Waals surface area (Å²) in [5, 5.41) is 0.624. The number of imidazole rings is 1. The molecule has 3 aromatic heterocycles. The van der Waals surface area contributed by atoms with E-state index in [0.717, 1.165) is 17.0 Å². The molecular weight excluding hydrogens is 336 g/mol. The Balaban J connectivity index is 1.94. The van der Waals surface area contributed by atoms with E-state index in [-0.39, 0.29) is 9.90 Å². The Labute approximate surface area is 137 Å². The number of fused-ring (bicyclic) bond motifs is 1. The van der Waals surface area contributed by atoms with Crippen LogP contribution < -0.4 is 4.72 Å². The number of nitrogens with one attached hydrogen (secondary N) is 1. The summed E-state index contributed by atoms with van der Waals surface area (Å²) in [6.45, 7) is 5.18. The summed E-state index contributed by atoms with van der Waals surface area (Å²) >= 11 is 1.03. The number of pyridine rings is 1. The zero-order chi connectivity index (χ0) is 16.8. The third-order valence-corrected chi connectivity index (χ3v) is 6.27. The fourth-order valence-electron chi connectivity index (χ4n) is 2.24. The second-order valence-corrected chi connectivity index (χ2v) is 8.14. The van der Waals surface area contributed by atoms with Crippen molar-refractivity contribution in [3.8, 4) is 0 Å². The number of carbonyl (C=O) groups is 1. The molecule has 0 aliphatic rings. The van der Waals surface area contributed by atoms with Crippen molar-refractivity contribution in [2.75, 3.05) is 0 Å². The van der Waals surface area contributed by atoms with E-state index < -0.39 is 15.9 Å². The molecule has 0 spiro atoms. The lowest BCUT2D eigenvalue weighted by molar-refractivity contribution is 0.0977. The van der Waals surface area contributed by atoms with Crippen LogP contribution in [0, 0.1) is 20.8 Å². The van der Waals surface area contributed by atoms with Gasteiger partial charge in [0.15, 0.2) is 4.21 Å². The van der Waals surface area contributed by atoms with E-state index in [9.17, 15) is 13.2 Å². The first-order chi connectivity index (χ1) is 10.8. The van der Waals surface area contributed by atoms with Gasteiger partial charge in [0.05, 0.1) is 10.7 Å². The molecule has 0 aromatic carbocycles. The van der Waals surface area contributed by atoms with Crippen LogP contribution in [-0.4, -0.2) is 28.7 Å². The summed E-state index contributed by atoms with van der Waals surface area (Å²) in [5.74, 6) is -0.765. The maximum absolute atomic E-state index is 12.3. The number of amides is 1. The maximum atomic E-state index is 12.3. The van der Waals surface area contributed by atoms with Gasteiger partial charge in [-0.1, -0.05) is 6.07 Å². The van der Waals surface area contributed by atoms with Crippen LogP contribution in [-0.2, 0) is 10.0 Å². The highest BCUT2D eigenvalue weighted by molar-refractivity contribution is 7.92. The van der Waals surface area contributed by atoms with Gasteiger partial charge in [-0.3, -0.25) is 4.79 Å².